The first-order valence-corrected chi connectivity index (χ1v) is 10.9. The van der Waals surface area contributed by atoms with Gasteiger partial charge in [0.1, 0.15) is 30.0 Å². The molecule has 4 heterocycles. The minimum Gasteiger partial charge on any atom is -0.457 e. The Hall–Kier alpha value is -4.24. The Labute approximate surface area is 190 Å². The normalized spacial score (nSPS) is 14.0. The van der Waals surface area contributed by atoms with Crippen LogP contribution in [0.2, 0.25) is 0 Å². The van der Waals surface area contributed by atoms with E-state index in [1.165, 1.54) is 12.0 Å². The summed E-state index contributed by atoms with van der Waals surface area (Å²) in [5, 5.41) is 11.9. The second-order valence-corrected chi connectivity index (χ2v) is 7.84. The molecule has 0 bridgehead atoms. The van der Waals surface area contributed by atoms with E-state index in [-0.39, 0.29) is 0 Å². The fourth-order valence-corrected chi connectivity index (χ4v) is 4.00. The number of fused-ring (bicyclic) bond motifs is 2. The van der Waals surface area contributed by atoms with Gasteiger partial charge in [0.25, 0.3) is 0 Å². The number of hydrogen-bond acceptors (Lipinski definition) is 8. The fourth-order valence-electron chi connectivity index (χ4n) is 4.00. The van der Waals surface area contributed by atoms with E-state index in [1.54, 1.807) is 10.8 Å². The number of piperazine rings is 1. The van der Waals surface area contributed by atoms with Crippen LogP contribution in [-0.4, -0.2) is 50.7 Å². The van der Waals surface area contributed by atoms with Crippen molar-refractivity contribution in [1.82, 2.24) is 29.9 Å². The molecule has 6 rings (SSSR count). The predicted molar refractivity (Wildman–Crippen MR) is 127 cm³/mol. The van der Waals surface area contributed by atoms with Crippen LogP contribution in [0.1, 0.15) is 0 Å². The number of ether oxygens (including phenoxy) is 1. The molecule has 2 N–H and O–H groups in total. The highest BCUT2D eigenvalue weighted by molar-refractivity contribution is 5.93. The third-order valence-electron chi connectivity index (χ3n) is 5.71. The highest BCUT2D eigenvalue weighted by Crippen LogP contribution is 2.29. The molecule has 9 nitrogen and oxygen atoms in total. The summed E-state index contributed by atoms with van der Waals surface area (Å²) in [6.45, 7) is 3.98. The van der Waals surface area contributed by atoms with Crippen LogP contribution in [0.25, 0.3) is 16.6 Å². The number of hydrogen-bond donors (Lipinski definition) is 2. The van der Waals surface area contributed by atoms with Crippen molar-refractivity contribution in [1.29, 1.82) is 0 Å². The number of nitrogens with one attached hydrogen (secondary N) is 2. The van der Waals surface area contributed by atoms with Gasteiger partial charge in [-0.15, -0.1) is 0 Å². The van der Waals surface area contributed by atoms with Gasteiger partial charge >= 0.3 is 0 Å². The largest absolute Gasteiger partial charge is 0.457 e. The Balaban J connectivity index is 1.22. The molecule has 0 amide bonds. The maximum absolute atomic E-state index is 5.97. The van der Waals surface area contributed by atoms with Gasteiger partial charge in [0.15, 0.2) is 5.65 Å². The van der Waals surface area contributed by atoms with E-state index in [1.807, 2.05) is 42.6 Å². The monoisotopic (exact) mass is 438 g/mol. The lowest BCUT2D eigenvalue weighted by molar-refractivity contribution is 0.482. The molecule has 0 saturated carbocycles. The maximum Gasteiger partial charge on any atom is 0.158 e. The van der Waals surface area contributed by atoms with Crippen molar-refractivity contribution in [3.63, 3.8) is 0 Å². The standard InChI is InChI=1S/C24H22N8O/c1-4-19(33-20-7-10-32-23(14-20)27-16-29-32)5-2-17(1)30-24-21-13-18(31-11-8-25-9-12-31)3-6-22(21)26-15-28-24/h1-7,10,13-16,25H,8-9,11-12H2,(H,26,28,30). The van der Waals surface area contributed by atoms with Crippen molar-refractivity contribution in [3.8, 4) is 11.5 Å². The number of pyridine rings is 1. The van der Waals surface area contributed by atoms with Crippen molar-refractivity contribution in [2.75, 3.05) is 36.4 Å². The predicted octanol–water partition coefficient (Wildman–Crippen LogP) is 3.62. The smallest absolute Gasteiger partial charge is 0.158 e. The Kier molecular flexibility index (Phi) is 4.93. The second kappa shape index (κ2) is 8.36. The van der Waals surface area contributed by atoms with Crippen molar-refractivity contribution in [2.45, 2.75) is 0 Å². The molecule has 0 aliphatic carbocycles. The zero-order valence-electron chi connectivity index (χ0n) is 17.8. The van der Waals surface area contributed by atoms with Gasteiger partial charge < -0.3 is 20.3 Å². The van der Waals surface area contributed by atoms with Crippen molar-refractivity contribution < 1.29 is 4.74 Å². The zero-order valence-corrected chi connectivity index (χ0v) is 17.8. The van der Waals surface area contributed by atoms with E-state index in [0.717, 1.165) is 60.0 Å². The first-order chi connectivity index (χ1) is 16.3. The van der Waals surface area contributed by atoms with Gasteiger partial charge in [0.2, 0.25) is 0 Å². The molecule has 9 heteroatoms. The zero-order chi connectivity index (χ0) is 22.0. The van der Waals surface area contributed by atoms with Crippen molar-refractivity contribution in [3.05, 3.63) is 73.4 Å². The number of aromatic nitrogens is 5. The topological polar surface area (TPSA) is 92.5 Å². The molecule has 164 valence electrons. The van der Waals surface area contributed by atoms with Gasteiger partial charge in [-0.3, -0.25) is 0 Å². The maximum atomic E-state index is 5.97. The van der Waals surface area contributed by atoms with Gasteiger partial charge in [-0.25, -0.2) is 19.5 Å². The molecule has 5 aromatic rings. The van der Waals surface area contributed by atoms with Crippen molar-refractivity contribution in [2.24, 2.45) is 0 Å². The summed E-state index contributed by atoms with van der Waals surface area (Å²) in [7, 11) is 0. The van der Waals surface area contributed by atoms with Crippen LogP contribution in [-0.2, 0) is 0 Å². The molecular weight excluding hydrogens is 416 g/mol. The molecule has 0 radical (unpaired) electrons. The molecular formula is C24H22N8O. The minimum absolute atomic E-state index is 0.707. The molecule has 33 heavy (non-hydrogen) atoms. The van der Waals surface area contributed by atoms with Gasteiger partial charge in [0, 0.05) is 55.2 Å². The lowest BCUT2D eigenvalue weighted by Crippen LogP contribution is -2.43. The van der Waals surface area contributed by atoms with Gasteiger partial charge in [0.05, 0.1) is 5.52 Å². The average Bonchev–Trinajstić information content (AvgIpc) is 3.34. The number of benzene rings is 2. The van der Waals surface area contributed by atoms with Crippen LogP contribution in [0.5, 0.6) is 11.5 Å². The lowest BCUT2D eigenvalue weighted by atomic mass is 10.1. The molecule has 1 aliphatic rings. The van der Waals surface area contributed by atoms with E-state index in [2.05, 4.69) is 53.8 Å². The molecule has 3 aromatic heterocycles. The van der Waals surface area contributed by atoms with Crippen LogP contribution in [0.4, 0.5) is 17.2 Å². The number of rotatable bonds is 5. The summed E-state index contributed by atoms with van der Waals surface area (Å²) in [4.78, 5) is 15.5. The third-order valence-corrected chi connectivity index (χ3v) is 5.71. The van der Waals surface area contributed by atoms with E-state index >= 15 is 0 Å². The van der Waals surface area contributed by atoms with E-state index in [4.69, 9.17) is 4.74 Å². The van der Waals surface area contributed by atoms with Crippen LogP contribution in [0.15, 0.2) is 73.4 Å². The summed E-state index contributed by atoms with van der Waals surface area (Å²) in [5.41, 5.74) is 3.76. The summed E-state index contributed by atoms with van der Waals surface area (Å²) in [6, 6.07) is 17.9. The highest BCUT2D eigenvalue weighted by atomic mass is 16.5. The molecule has 0 atom stereocenters. The number of nitrogens with zero attached hydrogens (tertiary/aromatic N) is 6. The Morgan fingerprint density at radius 2 is 1.73 bits per heavy atom. The molecule has 2 aromatic carbocycles. The molecule has 1 saturated heterocycles. The van der Waals surface area contributed by atoms with Crippen LogP contribution in [0.3, 0.4) is 0 Å². The second-order valence-electron chi connectivity index (χ2n) is 7.84. The summed E-state index contributed by atoms with van der Waals surface area (Å²) < 4.78 is 7.66. The van der Waals surface area contributed by atoms with Crippen LogP contribution in [0, 0.1) is 0 Å². The fraction of sp³-hybridized carbons (Fsp3) is 0.167. The van der Waals surface area contributed by atoms with Crippen LogP contribution >= 0.6 is 0 Å². The molecule has 0 spiro atoms. The Bertz CT molecular complexity index is 1410. The highest BCUT2D eigenvalue weighted by Gasteiger charge is 2.13. The van der Waals surface area contributed by atoms with E-state index in [9.17, 15) is 0 Å². The minimum atomic E-state index is 0.707. The average molecular weight is 438 g/mol. The quantitative estimate of drug-likeness (QED) is 0.430. The van der Waals surface area contributed by atoms with E-state index in [0.29, 0.717) is 5.75 Å². The first-order valence-electron chi connectivity index (χ1n) is 10.9. The number of anilines is 3. The Morgan fingerprint density at radius 1 is 0.848 bits per heavy atom. The molecule has 0 unspecified atom stereocenters. The molecule has 1 aliphatic heterocycles. The summed E-state index contributed by atoms with van der Waals surface area (Å²) in [6.07, 6.45) is 4.93. The summed E-state index contributed by atoms with van der Waals surface area (Å²) >= 11 is 0. The SMILES string of the molecule is c1nc(Nc2ccc(Oc3ccn4ncnc4c3)cc2)c2cc(N3CCNCC3)ccc2n1. The van der Waals surface area contributed by atoms with Gasteiger partial charge in [-0.05, 0) is 48.5 Å². The first kappa shape index (κ1) is 19.4. The van der Waals surface area contributed by atoms with Crippen molar-refractivity contribution >= 4 is 33.7 Å². The lowest BCUT2D eigenvalue weighted by Gasteiger charge is -2.29. The van der Waals surface area contributed by atoms with Gasteiger partial charge in [-0.1, -0.05) is 0 Å². The third kappa shape index (κ3) is 4.01. The van der Waals surface area contributed by atoms with Crippen LogP contribution < -0.4 is 20.3 Å². The summed E-state index contributed by atoms with van der Waals surface area (Å²) in [5.74, 6) is 2.22. The van der Waals surface area contributed by atoms with E-state index < -0.39 is 0 Å². The van der Waals surface area contributed by atoms with Gasteiger partial charge in [-0.2, -0.15) is 5.10 Å². The Morgan fingerprint density at radius 3 is 2.61 bits per heavy atom. The molecule has 1 fully saturated rings.